The lowest BCUT2D eigenvalue weighted by molar-refractivity contribution is 0.669. The average molecular weight is 964 g/mol. The number of hydrogen-bond acceptors (Lipinski definition) is 4. The predicted molar refractivity (Wildman–Crippen MR) is 315 cm³/mol. The van der Waals surface area contributed by atoms with Gasteiger partial charge < -0.3 is 23.0 Å². The smallest absolute Gasteiger partial charge is 0.159 e. The van der Waals surface area contributed by atoms with Crippen molar-refractivity contribution in [3.63, 3.8) is 0 Å². The van der Waals surface area contributed by atoms with E-state index in [1.807, 2.05) is 0 Å². The first-order valence-electron chi connectivity index (χ1n) is 25.8. The van der Waals surface area contributed by atoms with Crippen LogP contribution in [0.3, 0.4) is 0 Å². The fourth-order valence-corrected chi connectivity index (χ4v) is 12.5. The molecule has 0 saturated carbocycles. The van der Waals surface area contributed by atoms with Gasteiger partial charge in [0.05, 0.1) is 39.3 Å². The van der Waals surface area contributed by atoms with Gasteiger partial charge in [-0.3, -0.25) is 0 Å². The molecule has 0 aliphatic rings. The molecule has 0 N–H and O–H groups in total. The zero-order chi connectivity index (χ0) is 50.1. The summed E-state index contributed by atoms with van der Waals surface area (Å²) in [6.45, 7) is 8.76. The van der Waals surface area contributed by atoms with Gasteiger partial charge >= 0.3 is 0 Å². The van der Waals surface area contributed by atoms with Crippen molar-refractivity contribution in [2.45, 2.75) is 27.7 Å². The Labute approximate surface area is 433 Å². The Hall–Kier alpha value is -9.58. The molecule has 15 rings (SSSR count). The van der Waals surface area contributed by atoms with Gasteiger partial charge in [-0.05, 0) is 110 Å². The average Bonchev–Trinajstić information content (AvgIpc) is 4.22. The Morgan fingerprint density at radius 1 is 0.293 bits per heavy atom. The maximum Gasteiger partial charge on any atom is 0.159 e. The van der Waals surface area contributed by atoms with Gasteiger partial charge in [0.15, 0.2) is 11.2 Å². The third kappa shape index (κ3) is 6.25. The summed E-state index contributed by atoms with van der Waals surface area (Å²) < 4.78 is 17.0. The number of rotatable bonds is 8. The molecule has 0 amide bonds. The molecular formula is C70H49N3O2. The Kier molecular flexibility index (Phi) is 9.45. The standard InChI is InChI=1S/C70H49N3O2/c1-42-20-11-13-26-48(42)50-28-15-30-52-54-40-38-44(3)64(69(54)74-67(50)52)71(46-22-7-5-8-23-46)58-34-18-36-60-62(58)56-32-17-33-57-63-59(35-19-37-61(63)73(60)66(56)57)72(47-24-9-6-10-25-47)65-45(4)39-41-55-53-31-16-29-51(68(53)75-70(55)65)49-27-14-12-21-43(49)2/h5-41H,1-4H3. The molecule has 75 heavy (non-hydrogen) atoms. The highest BCUT2D eigenvalue weighted by Crippen LogP contribution is 2.53. The van der Waals surface area contributed by atoms with E-state index in [0.717, 1.165) is 111 Å². The largest absolute Gasteiger partial charge is 0.453 e. The number of benzene rings is 11. The number of aromatic nitrogens is 1. The van der Waals surface area contributed by atoms with Gasteiger partial charge in [0, 0.05) is 65.6 Å². The van der Waals surface area contributed by atoms with E-state index in [0.29, 0.717) is 0 Å². The van der Waals surface area contributed by atoms with Crippen LogP contribution in [0.1, 0.15) is 22.3 Å². The third-order valence-corrected chi connectivity index (χ3v) is 15.8. The Morgan fingerprint density at radius 3 is 1.12 bits per heavy atom. The second-order valence-electron chi connectivity index (χ2n) is 20.1. The Bertz CT molecular complexity index is 4470. The maximum atomic E-state index is 7.24. The van der Waals surface area contributed by atoms with E-state index in [1.54, 1.807) is 0 Å². The summed E-state index contributed by atoms with van der Waals surface area (Å²) in [5, 5.41) is 9.10. The number of aryl methyl sites for hydroxylation is 4. The molecule has 15 aromatic rings. The summed E-state index contributed by atoms with van der Waals surface area (Å²) in [7, 11) is 0. The molecule has 0 bridgehead atoms. The SMILES string of the molecule is Cc1ccccc1-c1cccc2c1oc1c(N(c3ccccc3)c3cccc4c3c3cccc5c6c(N(c7ccccc7)c7c(C)ccc8c7oc7c(-c9ccccc9C)cccc78)cccc6n4c35)c(C)ccc12. The minimum atomic E-state index is 0.862. The molecule has 0 aliphatic heterocycles. The first-order valence-corrected chi connectivity index (χ1v) is 25.8. The molecule has 4 heterocycles. The highest BCUT2D eigenvalue weighted by atomic mass is 16.3. The normalized spacial score (nSPS) is 12.0. The number of nitrogens with zero attached hydrogens (tertiary/aromatic N) is 3. The van der Waals surface area contributed by atoms with E-state index in [4.69, 9.17) is 8.83 Å². The van der Waals surface area contributed by atoms with Gasteiger partial charge in [0.2, 0.25) is 0 Å². The number of furan rings is 2. The van der Waals surface area contributed by atoms with Crippen molar-refractivity contribution in [1.29, 1.82) is 0 Å². The molecule has 0 spiro atoms. The Balaban J connectivity index is 0.983. The van der Waals surface area contributed by atoms with Crippen LogP contribution in [0.4, 0.5) is 34.1 Å². The van der Waals surface area contributed by atoms with Crippen LogP contribution in [0.25, 0.3) is 104 Å². The quantitative estimate of drug-likeness (QED) is 0.152. The van der Waals surface area contributed by atoms with Gasteiger partial charge in [-0.2, -0.15) is 0 Å². The Morgan fingerprint density at radius 2 is 0.667 bits per heavy atom. The van der Waals surface area contributed by atoms with E-state index in [2.05, 4.69) is 266 Å². The molecule has 0 fully saturated rings. The first-order chi connectivity index (χ1) is 36.9. The molecule has 0 saturated heterocycles. The van der Waals surface area contributed by atoms with Crippen molar-refractivity contribution in [3.05, 3.63) is 247 Å². The monoisotopic (exact) mass is 963 g/mol. The van der Waals surface area contributed by atoms with Crippen molar-refractivity contribution >= 4 is 116 Å². The second kappa shape index (κ2) is 16.5. The van der Waals surface area contributed by atoms with Crippen LogP contribution in [0, 0.1) is 27.7 Å². The van der Waals surface area contributed by atoms with Gasteiger partial charge in [-0.25, -0.2) is 0 Å². The van der Waals surface area contributed by atoms with E-state index < -0.39 is 0 Å². The molecule has 4 aromatic heterocycles. The van der Waals surface area contributed by atoms with Crippen molar-refractivity contribution in [1.82, 2.24) is 4.40 Å². The van der Waals surface area contributed by atoms with Crippen molar-refractivity contribution in [2.24, 2.45) is 0 Å². The molecule has 11 aromatic carbocycles. The summed E-state index contributed by atoms with van der Waals surface area (Å²) in [5.74, 6) is 0. The number of hydrogen-bond donors (Lipinski definition) is 0. The minimum absolute atomic E-state index is 0.862. The van der Waals surface area contributed by atoms with E-state index in [9.17, 15) is 0 Å². The highest BCUT2D eigenvalue weighted by molar-refractivity contribution is 6.29. The lowest BCUT2D eigenvalue weighted by Crippen LogP contribution is -2.12. The van der Waals surface area contributed by atoms with Crippen molar-refractivity contribution in [2.75, 3.05) is 9.80 Å². The number of para-hydroxylation sites is 5. The van der Waals surface area contributed by atoms with E-state index in [1.165, 1.54) is 49.3 Å². The van der Waals surface area contributed by atoms with Crippen LogP contribution in [-0.2, 0) is 0 Å². The molecule has 0 atom stereocenters. The fraction of sp³-hybridized carbons (Fsp3) is 0.0571. The van der Waals surface area contributed by atoms with E-state index >= 15 is 0 Å². The molecule has 0 radical (unpaired) electrons. The minimum Gasteiger partial charge on any atom is -0.453 e. The van der Waals surface area contributed by atoms with E-state index in [-0.39, 0.29) is 0 Å². The molecular weight excluding hydrogens is 915 g/mol. The van der Waals surface area contributed by atoms with Crippen LogP contribution < -0.4 is 9.80 Å². The maximum absolute atomic E-state index is 7.24. The zero-order valence-electron chi connectivity index (χ0n) is 42.0. The first kappa shape index (κ1) is 43.0. The van der Waals surface area contributed by atoms with Crippen molar-refractivity contribution in [3.8, 4) is 22.3 Å². The molecule has 5 heteroatoms. The van der Waals surface area contributed by atoms with Gasteiger partial charge in [0.25, 0.3) is 0 Å². The van der Waals surface area contributed by atoms with Crippen LogP contribution in [0.2, 0.25) is 0 Å². The van der Waals surface area contributed by atoms with Crippen LogP contribution in [0.15, 0.2) is 233 Å². The summed E-state index contributed by atoms with van der Waals surface area (Å²) >= 11 is 0. The second-order valence-corrected chi connectivity index (χ2v) is 20.1. The van der Waals surface area contributed by atoms with Gasteiger partial charge in [-0.15, -0.1) is 0 Å². The molecule has 0 aliphatic carbocycles. The summed E-state index contributed by atoms with van der Waals surface area (Å²) in [4.78, 5) is 4.87. The number of anilines is 6. The molecule has 5 nitrogen and oxygen atoms in total. The zero-order valence-corrected chi connectivity index (χ0v) is 42.0. The lowest BCUT2D eigenvalue weighted by Gasteiger charge is -2.28. The molecule has 356 valence electrons. The van der Waals surface area contributed by atoms with Crippen LogP contribution in [0.5, 0.6) is 0 Å². The summed E-state index contributed by atoms with van der Waals surface area (Å²) in [6, 6.07) is 81.1. The summed E-state index contributed by atoms with van der Waals surface area (Å²) in [5.41, 5.74) is 22.5. The molecule has 0 unspecified atom stereocenters. The van der Waals surface area contributed by atoms with Crippen LogP contribution >= 0.6 is 0 Å². The van der Waals surface area contributed by atoms with Crippen LogP contribution in [-0.4, -0.2) is 4.40 Å². The third-order valence-electron chi connectivity index (χ3n) is 15.8. The summed E-state index contributed by atoms with van der Waals surface area (Å²) in [6.07, 6.45) is 0. The van der Waals surface area contributed by atoms with Crippen molar-refractivity contribution < 1.29 is 8.83 Å². The topological polar surface area (TPSA) is 37.2 Å². The fourth-order valence-electron chi connectivity index (χ4n) is 12.5. The highest BCUT2D eigenvalue weighted by Gasteiger charge is 2.30. The lowest BCUT2D eigenvalue weighted by atomic mass is 9.98. The van der Waals surface area contributed by atoms with Gasteiger partial charge in [0.1, 0.15) is 11.2 Å². The van der Waals surface area contributed by atoms with Gasteiger partial charge in [-0.1, -0.05) is 176 Å². The number of fused-ring (bicyclic) bond motifs is 12. The predicted octanol–water partition coefficient (Wildman–Crippen LogP) is 20.1.